The molecule has 0 radical (unpaired) electrons. The zero-order chi connectivity index (χ0) is 22.9. The van der Waals surface area contributed by atoms with Gasteiger partial charge in [0.2, 0.25) is 0 Å². The summed E-state index contributed by atoms with van der Waals surface area (Å²) in [7, 11) is 0. The number of aromatic nitrogens is 1. The van der Waals surface area contributed by atoms with E-state index < -0.39 is 6.09 Å². The first-order chi connectivity index (χ1) is 15.5. The highest BCUT2D eigenvalue weighted by Gasteiger charge is 2.12. The molecule has 0 unspecified atom stereocenters. The number of pyridine rings is 1. The number of terminal acetylenes is 1. The molecule has 0 fully saturated rings. The fourth-order valence-corrected chi connectivity index (χ4v) is 3.28. The number of rotatable bonds is 7. The number of ether oxygens (including phenoxy) is 1. The van der Waals surface area contributed by atoms with Gasteiger partial charge < -0.3 is 21.1 Å². The van der Waals surface area contributed by atoms with Gasteiger partial charge >= 0.3 is 12.1 Å². The maximum atomic E-state index is 12.0. The Morgan fingerprint density at radius 3 is 2.70 bits per heavy atom. The molecule has 0 spiro atoms. The van der Waals surface area contributed by atoms with Crippen LogP contribution in [0.2, 0.25) is 0 Å². The number of nitrogens with two attached hydrogens (primary N) is 1. The molecule has 1 aromatic heterocycles. The molecule has 9 heteroatoms. The van der Waals surface area contributed by atoms with Crippen LogP contribution in [0.15, 0.2) is 48.7 Å². The standard InChI is InChI=1S/C24H25N5O3.ClH/c1-3-10-32-24(31)28-14-18-8-9-19(17-7-5-6-16(11-17)13-25)20-12-22(27-15-21(18)20)29-23(30)26-4-2;/h1,5-9,11-12,15H,4,10,13-14,25H2,2H3,(H,28,31)(H2,26,27,29,30);1H. The van der Waals surface area contributed by atoms with Crippen LogP contribution < -0.4 is 21.7 Å². The van der Waals surface area contributed by atoms with Gasteiger partial charge in [-0.1, -0.05) is 36.3 Å². The number of nitrogens with one attached hydrogen (secondary N) is 3. The number of amides is 3. The number of carbonyl (C=O) groups excluding carboxylic acids is 2. The summed E-state index contributed by atoms with van der Waals surface area (Å²) in [4.78, 5) is 28.1. The normalized spacial score (nSPS) is 9.97. The van der Waals surface area contributed by atoms with Crippen LogP contribution in [0.5, 0.6) is 0 Å². The Morgan fingerprint density at radius 2 is 1.97 bits per heavy atom. The summed E-state index contributed by atoms with van der Waals surface area (Å²) in [6.45, 7) is 2.90. The van der Waals surface area contributed by atoms with Crippen molar-refractivity contribution < 1.29 is 14.3 Å². The van der Waals surface area contributed by atoms with Crippen molar-refractivity contribution in [1.29, 1.82) is 0 Å². The van der Waals surface area contributed by atoms with Crippen molar-refractivity contribution >= 4 is 41.1 Å². The number of anilines is 1. The van der Waals surface area contributed by atoms with Gasteiger partial charge in [-0.3, -0.25) is 5.32 Å². The van der Waals surface area contributed by atoms with Crippen molar-refractivity contribution in [3.8, 4) is 23.5 Å². The van der Waals surface area contributed by atoms with Gasteiger partial charge in [0.15, 0.2) is 6.61 Å². The number of urea groups is 1. The second-order valence-electron chi connectivity index (χ2n) is 6.91. The van der Waals surface area contributed by atoms with Crippen LogP contribution in [0.25, 0.3) is 21.9 Å². The van der Waals surface area contributed by atoms with Gasteiger partial charge in [-0.05, 0) is 46.7 Å². The number of fused-ring (bicyclic) bond motifs is 1. The Kier molecular flexibility index (Phi) is 9.48. The maximum Gasteiger partial charge on any atom is 0.408 e. The minimum Gasteiger partial charge on any atom is -0.436 e. The van der Waals surface area contributed by atoms with Crippen LogP contribution in [0.1, 0.15) is 18.1 Å². The van der Waals surface area contributed by atoms with Gasteiger partial charge in [-0.15, -0.1) is 18.8 Å². The highest BCUT2D eigenvalue weighted by Crippen LogP contribution is 2.32. The Hall–Kier alpha value is -3.80. The molecule has 3 aromatic rings. The second kappa shape index (κ2) is 12.3. The van der Waals surface area contributed by atoms with E-state index in [4.69, 9.17) is 16.9 Å². The Balaban J connectivity index is 0.00000385. The summed E-state index contributed by atoms with van der Waals surface area (Å²) in [5.74, 6) is 2.67. The van der Waals surface area contributed by atoms with Crippen LogP contribution >= 0.6 is 12.4 Å². The third-order valence-electron chi connectivity index (χ3n) is 4.75. The molecule has 3 rings (SSSR count). The summed E-state index contributed by atoms with van der Waals surface area (Å²) in [6.07, 6.45) is 6.19. The molecular formula is C24H26ClN5O3. The lowest BCUT2D eigenvalue weighted by Crippen LogP contribution is -2.28. The van der Waals surface area contributed by atoms with E-state index in [1.165, 1.54) is 0 Å². The largest absolute Gasteiger partial charge is 0.436 e. The highest BCUT2D eigenvalue weighted by molar-refractivity contribution is 6.01. The van der Waals surface area contributed by atoms with Crippen molar-refractivity contribution in [1.82, 2.24) is 15.6 Å². The van der Waals surface area contributed by atoms with Crippen LogP contribution in [-0.2, 0) is 17.8 Å². The fraction of sp³-hybridized carbons (Fsp3) is 0.208. The predicted molar refractivity (Wildman–Crippen MR) is 132 cm³/mol. The lowest BCUT2D eigenvalue weighted by molar-refractivity contribution is 0.159. The number of nitrogens with zero attached hydrogens (tertiary/aromatic N) is 1. The van der Waals surface area contributed by atoms with E-state index in [0.29, 0.717) is 18.9 Å². The van der Waals surface area contributed by atoms with E-state index >= 15 is 0 Å². The van der Waals surface area contributed by atoms with E-state index in [1.54, 1.807) is 6.20 Å². The lowest BCUT2D eigenvalue weighted by Gasteiger charge is -2.14. The highest BCUT2D eigenvalue weighted by atomic mass is 35.5. The summed E-state index contributed by atoms with van der Waals surface area (Å²) in [5.41, 5.74) is 9.60. The maximum absolute atomic E-state index is 12.0. The average molecular weight is 468 g/mol. The molecule has 0 saturated heterocycles. The zero-order valence-corrected chi connectivity index (χ0v) is 19.0. The molecule has 172 valence electrons. The molecule has 0 aliphatic heterocycles. The van der Waals surface area contributed by atoms with Gasteiger partial charge in [0.05, 0.1) is 0 Å². The zero-order valence-electron chi connectivity index (χ0n) is 18.2. The first-order valence-corrected chi connectivity index (χ1v) is 10.2. The Morgan fingerprint density at radius 1 is 1.15 bits per heavy atom. The van der Waals surface area contributed by atoms with Gasteiger partial charge in [0.25, 0.3) is 0 Å². The quantitative estimate of drug-likeness (QED) is 0.394. The van der Waals surface area contributed by atoms with E-state index in [1.807, 2.05) is 49.4 Å². The summed E-state index contributed by atoms with van der Waals surface area (Å²) < 4.78 is 4.86. The Bertz CT molecular complexity index is 1180. The first kappa shape index (κ1) is 25.5. The second-order valence-corrected chi connectivity index (χ2v) is 6.91. The molecule has 1 heterocycles. The van der Waals surface area contributed by atoms with E-state index in [0.717, 1.165) is 33.0 Å². The molecule has 0 bridgehead atoms. The summed E-state index contributed by atoms with van der Waals surface area (Å²) in [6, 6.07) is 13.3. The van der Waals surface area contributed by atoms with Gasteiger partial charge in [0.1, 0.15) is 5.82 Å². The summed E-state index contributed by atoms with van der Waals surface area (Å²) in [5, 5.41) is 9.82. The van der Waals surface area contributed by atoms with E-state index in [-0.39, 0.29) is 31.6 Å². The van der Waals surface area contributed by atoms with Crippen molar-refractivity contribution in [2.75, 3.05) is 18.5 Å². The minimum absolute atomic E-state index is 0. The predicted octanol–water partition coefficient (Wildman–Crippen LogP) is 3.78. The number of hydrogen-bond donors (Lipinski definition) is 4. The average Bonchev–Trinajstić information content (AvgIpc) is 2.81. The molecule has 8 nitrogen and oxygen atoms in total. The lowest BCUT2D eigenvalue weighted by atomic mass is 9.95. The van der Waals surface area contributed by atoms with Crippen molar-refractivity contribution in [3.05, 3.63) is 59.8 Å². The van der Waals surface area contributed by atoms with Crippen molar-refractivity contribution in [2.24, 2.45) is 5.73 Å². The fourth-order valence-electron chi connectivity index (χ4n) is 3.28. The van der Waals surface area contributed by atoms with Gasteiger partial charge in [-0.2, -0.15) is 0 Å². The number of halogens is 1. The molecule has 5 N–H and O–H groups in total. The van der Waals surface area contributed by atoms with Gasteiger partial charge in [0, 0.05) is 31.2 Å². The third-order valence-corrected chi connectivity index (χ3v) is 4.75. The molecule has 0 aliphatic rings. The van der Waals surface area contributed by atoms with Crippen molar-refractivity contribution in [2.45, 2.75) is 20.0 Å². The number of carbonyl (C=O) groups is 2. The van der Waals surface area contributed by atoms with Crippen LogP contribution in [0, 0.1) is 12.3 Å². The topological polar surface area (TPSA) is 118 Å². The summed E-state index contributed by atoms with van der Waals surface area (Å²) >= 11 is 0. The van der Waals surface area contributed by atoms with Crippen LogP contribution in [-0.4, -0.2) is 30.3 Å². The smallest absolute Gasteiger partial charge is 0.408 e. The first-order valence-electron chi connectivity index (χ1n) is 10.2. The molecule has 0 atom stereocenters. The molecule has 2 aromatic carbocycles. The van der Waals surface area contributed by atoms with Crippen LogP contribution in [0.3, 0.4) is 0 Å². The number of alkyl carbamates (subject to hydrolysis) is 1. The monoisotopic (exact) mass is 467 g/mol. The third kappa shape index (κ3) is 6.59. The van der Waals surface area contributed by atoms with Gasteiger partial charge in [-0.25, -0.2) is 14.6 Å². The Labute approximate surface area is 198 Å². The van der Waals surface area contributed by atoms with Crippen LogP contribution in [0.4, 0.5) is 15.4 Å². The molecule has 0 saturated carbocycles. The van der Waals surface area contributed by atoms with Crippen molar-refractivity contribution in [3.63, 3.8) is 0 Å². The number of hydrogen-bond acceptors (Lipinski definition) is 5. The molecule has 0 aliphatic carbocycles. The number of benzene rings is 2. The van der Waals surface area contributed by atoms with E-state index in [9.17, 15) is 9.59 Å². The molecular weight excluding hydrogens is 442 g/mol. The van der Waals surface area contributed by atoms with E-state index in [2.05, 4.69) is 26.9 Å². The SMILES string of the molecule is C#CCOC(=O)NCc1ccc(-c2cccc(CN)c2)c2cc(NC(=O)NCC)ncc12.Cl. The molecule has 33 heavy (non-hydrogen) atoms. The molecule has 3 amide bonds. The minimum atomic E-state index is -0.599.